The summed E-state index contributed by atoms with van der Waals surface area (Å²) in [5, 5.41) is 4.03. The van der Waals surface area contributed by atoms with Crippen LogP contribution >= 0.6 is 22.9 Å². The van der Waals surface area contributed by atoms with Gasteiger partial charge in [-0.1, -0.05) is 36.7 Å². The van der Waals surface area contributed by atoms with Gasteiger partial charge in [0.25, 0.3) is 0 Å². The minimum Gasteiger partial charge on any atom is -0.396 e. The molecule has 29 heavy (non-hydrogen) atoms. The van der Waals surface area contributed by atoms with Crippen LogP contribution in [0.3, 0.4) is 0 Å². The number of nitrogens with two attached hydrogens (primary N) is 1. The SMILES string of the molecule is CCCS(=O)(=O)c1c(Nc2ccccc2C)sc(C(=O)c2ccc(Cl)cc2)c1N. The third-order valence-electron chi connectivity index (χ3n) is 4.39. The summed E-state index contributed by atoms with van der Waals surface area (Å²) in [6, 6.07) is 13.9. The van der Waals surface area contributed by atoms with E-state index in [9.17, 15) is 13.2 Å². The quantitative estimate of drug-likeness (QED) is 0.469. The first kappa shape index (κ1) is 21.4. The van der Waals surface area contributed by atoms with Crippen LogP contribution in [0.1, 0.15) is 34.1 Å². The van der Waals surface area contributed by atoms with Crippen LogP contribution in [0, 0.1) is 6.92 Å². The van der Waals surface area contributed by atoms with Crippen molar-refractivity contribution in [2.24, 2.45) is 0 Å². The molecule has 3 rings (SSSR count). The number of ketones is 1. The van der Waals surface area contributed by atoms with E-state index in [0.717, 1.165) is 22.6 Å². The minimum absolute atomic E-state index is 0.00934. The zero-order valence-electron chi connectivity index (χ0n) is 16.0. The number of sulfone groups is 1. The Labute approximate surface area is 179 Å². The maximum Gasteiger partial charge on any atom is 0.205 e. The normalized spacial score (nSPS) is 11.4. The maximum absolute atomic E-state index is 13.0. The van der Waals surface area contributed by atoms with E-state index in [-0.39, 0.29) is 27.0 Å². The molecular weight excluding hydrogens is 428 g/mol. The highest BCUT2D eigenvalue weighted by Gasteiger charge is 2.30. The molecular formula is C21H21ClN2O3S2. The van der Waals surface area contributed by atoms with Crippen LogP contribution in [-0.4, -0.2) is 20.0 Å². The van der Waals surface area contributed by atoms with Crippen LogP contribution in [0.4, 0.5) is 16.4 Å². The van der Waals surface area contributed by atoms with Gasteiger partial charge in [0.05, 0.1) is 11.4 Å². The third-order valence-corrected chi connectivity index (χ3v) is 7.88. The van der Waals surface area contributed by atoms with E-state index in [2.05, 4.69) is 5.32 Å². The third kappa shape index (κ3) is 4.47. The van der Waals surface area contributed by atoms with Gasteiger partial charge in [0.2, 0.25) is 5.78 Å². The van der Waals surface area contributed by atoms with E-state index in [0.29, 0.717) is 22.0 Å². The van der Waals surface area contributed by atoms with Crippen molar-refractivity contribution < 1.29 is 13.2 Å². The smallest absolute Gasteiger partial charge is 0.205 e. The Balaban J connectivity index is 2.14. The molecule has 0 fully saturated rings. The standard InChI is InChI=1S/C21H21ClN2O3S2/c1-3-12-29(26,27)20-17(23)19(18(25)14-8-10-15(22)11-9-14)28-21(20)24-16-7-5-4-6-13(16)2/h4-11,24H,3,12,23H2,1-2H3. The van der Waals surface area contributed by atoms with Crippen molar-refractivity contribution in [1.29, 1.82) is 0 Å². The zero-order chi connectivity index (χ0) is 21.2. The lowest BCUT2D eigenvalue weighted by atomic mass is 10.1. The molecule has 0 aliphatic heterocycles. The molecule has 152 valence electrons. The topological polar surface area (TPSA) is 89.3 Å². The second-order valence-electron chi connectivity index (χ2n) is 6.60. The van der Waals surface area contributed by atoms with Gasteiger partial charge < -0.3 is 11.1 Å². The number of benzene rings is 2. The molecule has 0 radical (unpaired) electrons. The van der Waals surface area contributed by atoms with Gasteiger partial charge in [-0.2, -0.15) is 0 Å². The lowest BCUT2D eigenvalue weighted by Gasteiger charge is -2.10. The van der Waals surface area contributed by atoms with E-state index in [1.165, 1.54) is 0 Å². The molecule has 0 bridgehead atoms. The zero-order valence-corrected chi connectivity index (χ0v) is 18.4. The van der Waals surface area contributed by atoms with Crippen molar-refractivity contribution in [3.05, 3.63) is 69.6 Å². The summed E-state index contributed by atoms with van der Waals surface area (Å²) in [5.41, 5.74) is 8.31. The molecule has 2 aromatic carbocycles. The Hall–Kier alpha value is -2.35. The van der Waals surface area contributed by atoms with Crippen LogP contribution in [-0.2, 0) is 9.84 Å². The predicted molar refractivity (Wildman–Crippen MR) is 120 cm³/mol. The van der Waals surface area contributed by atoms with Crippen molar-refractivity contribution >= 4 is 54.9 Å². The van der Waals surface area contributed by atoms with Gasteiger partial charge in [-0.05, 0) is 49.2 Å². The molecule has 0 amide bonds. The fraction of sp³-hybridized carbons (Fsp3) is 0.190. The van der Waals surface area contributed by atoms with Crippen LogP contribution in [0.5, 0.6) is 0 Å². The number of anilines is 3. The number of carbonyl (C=O) groups excluding carboxylic acids is 1. The molecule has 0 atom stereocenters. The van der Waals surface area contributed by atoms with E-state index in [4.69, 9.17) is 17.3 Å². The fourth-order valence-corrected chi connectivity index (χ4v) is 6.13. The van der Waals surface area contributed by atoms with Gasteiger partial charge in [0.1, 0.15) is 14.8 Å². The van der Waals surface area contributed by atoms with Crippen molar-refractivity contribution in [2.75, 3.05) is 16.8 Å². The summed E-state index contributed by atoms with van der Waals surface area (Å²) < 4.78 is 25.8. The molecule has 3 N–H and O–H groups in total. The van der Waals surface area contributed by atoms with E-state index in [1.54, 1.807) is 31.2 Å². The summed E-state index contributed by atoms with van der Waals surface area (Å²) in [7, 11) is -3.66. The fourth-order valence-electron chi connectivity index (χ4n) is 2.93. The molecule has 3 aromatic rings. The largest absolute Gasteiger partial charge is 0.396 e. The monoisotopic (exact) mass is 448 g/mol. The van der Waals surface area contributed by atoms with Gasteiger partial charge in [0, 0.05) is 16.3 Å². The van der Waals surface area contributed by atoms with Crippen LogP contribution in [0.2, 0.25) is 5.02 Å². The summed E-state index contributed by atoms with van der Waals surface area (Å²) in [6.45, 7) is 3.70. The van der Waals surface area contributed by atoms with Crippen molar-refractivity contribution in [2.45, 2.75) is 25.2 Å². The van der Waals surface area contributed by atoms with Crippen LogP contribution in [0.25, 0.3) is 0 Å². The van der Waals surface area contributed by atoms with Gasteiger partial charge in [-0.25, -0.2) is 8.42 Å². The number of hydrogen-bond donors (Lipinski definition) is 2. The lowest BCUT2D eigenvalue weighted by molar-refractivity contribution is 0.104. The van der Waals surface area contributed by atoms with E-state index < -0.39 is 9.84 Å². The first-order chi connectivity index (χ1) is 13.7. The average molecular weight is 449 g/mol. The van der Waals surface area contributed by atoms with Crippen molar-refractivity contribution in [1.82, 2.24) is 0 Å². The number of aryl methyl sites for hydroxylation is 1. The van der Waals surface area contributed by atoms with Gasteiger partial charge in [-0.15, -0.1) is 11.3 Å². The molecule has 8 heteroatoms. The van der Waals surface area contributed by atoms with E-state index >= 15 is 0 Å². The number of nitrogen functional groups attached to an aromatic ring is 1. The Morgan fingerprint density at radius 2 is 1.79 bits per heavy atom. The number of para-hydroxylation sites is 1. The second-order valence-corrected chi connectivity index (χ2v) is 10.1. The molecule has 0 unspecified atom stereocenters. The molecule has 1 aromatic heterocycles. The number of nitrogens with one attached hydrogen (secondary N) is 1. The first-order valence-corrected chi connectivity index (χ1v) is 11.9. The number of carbonyl (C=O) groups is 1. The summed E-state index contributed by atoms with van der Waals surface area (Å²) in [6.07, 6.45) is 0.446. The highest BCUT2D eigenvalue weighted by molar-refractivity contribution is 7.92. The number of thiophene rings is 1. The molecule has 0 spiro atoms. The summed E-state index contributed by atoms with van der Waals surface area (Å²) in [4.78, 5) is 13.2. The van der Waals surface area contributed by atoms with Crippen molar-refractivity contribution in [3.63, 3.8) is 0 Å². The number of hydrogen-bond acceptors (Lipinski definition) is 6. The van der Waals surface area contributed by atoms with Crippen molar-refractivity contribution in [3.8, 4) is 0 Å². The Bertz CT molecular complexity index is 1150. The van der Waals surface area contributed by atoms with E-state index in [1.807, 2.05) is 31.2 Å². The van der Waals surface area contributed by atoms with Gasteiger partial charge in [-0.3, -0.25) is 4.79 Å². The van der Waals surface area contributed by atoms with Gasteiger partial charge >= 0.3 is 0 Å². The maximum atomic E-state index is 13.0. The number of rotatable bonds is 7. The Kier molecular flexibility index (Phi) is 6.31. The molecule has 1 heterocycles. The first-order valence-electron chi connectivity index (χ1n) is 9.02. The average Bonchev–Trinajstić information content (AvgIpc) is 3.00. The molecule has 0 saturated carbocycles. The number of halogens is 1. The predicted octanol–water partition coefficient (Wildman–Crippen LogP) is 5.45. The molecule has 0 aliphatic carbocycles. The van der Waals surface area contributed by atoms with Gasteiger partial charge in [0.15, 0.2) is 9.84 Å². The highest BCUT2D eigenvalue weighted by Crippen LogP contribution is 2.42. The minimum atomic E-state index is -3.66. The second kappa shape index (κ2) is 8.57. The Morgan fingerprint density at radius 1 is 1.14 bits per heavy atom. The highest BCUT2D eigenvalue weighted by atomic mass is 35.5. The molecule has 0 aliphatic rings. The summed E-state index contributed by atoms with van der Waals surface area (Å²) in [5.74, 6) is -0.389. The van der Waals surface area contributed by atoms with Crippen LogP contribution < -0.4 is 11.1 Å². The Morgan fingerprint density at radius 3 is 2.41 bits per heavy atom. The molecule has 5 nitrogen and oxygen atoms in total. The van der Waals surface area contributed by atoms with Crippen LogP contribution in [0.15, 0.2) is 53.4 Å². The lowest BCUT2D eigenvalue weighted by Crippen LogP contribution is -2.10. The summed E-state index contributed by atoms with van der Waals surface area (Å²) >= 11 is 6.95. The molecule has 0 saturated heterocycles.